The van der Waals surface area contributed by atoms with Gasteiger partial charge in [0.25, 0.3) is 0 Å². The van der Waals surface area contributed by atoms with Crippen molar-refractivity contribution in [3.8, 4) is 0 Å². The van der Waals surface area contributed by atoms with E-state index in [0.29, 0.717) is 12.1 Å². The van der Waals surface area contributed by atoms with Crippen LogP contribution in [-0.4, -0.2) is 30.1 Å². The highest BCUT2D eigenvalue weighted by atomic mass is 32.1. The molecule has 0 spiro atoms. The Morgan fingerprint density at radius 3 is 2.94 bits per heavy atom. The van der Waals surface area contributed by atoms with Crippen molar-refractivity contribution in [1.82, 2.24) is 10.2 Å². The van der Waals surface area contributed by atoms with Crippen molar-refractivity contribution in [2.45, 2.75) is 45.8 Å². The number of hydrogen-bond donors (Lipinski definition) is 1. The molecule has 16 heavy (non-hydrogen) atoms. The smallest absolute Gasteiger partial charge is 0.0332 e. The van der Waals surface area contributed by atoms with Gasteiger partial charge in [0, 0.05) is 41.5 Å². The van der Waals surface area contributed by atoms with Crippen molar-refractivity contribution < 1.29 is 0 Å². The number of aryl methyl sites for hydroxylation is 1. The van der Waals surface area contributed by atoms with E-state index in [0.717, 1.165) is 13.1 Å². The molecule has 1 aromatic rings. The monoisotopic (exact) mass is 238 g/mol. The van der Waals surface area contributed by atoms with Gasteiger partial charge in [-0.05, 0) is 32.4 Å². The van der Waals surface area contributed by atoms with E-state index in [1.54, 1.807) is 0 Å². The molecule has 0 bridgehead atoms. The molecule has 0 radical (unpaired) electrons. The van der Waals surface area contributed by atoms with Crippen LogP contribution < -0.4 is 5.32 Å². The first-order valence-corrected chi connectivity index (χ1v) is 7.03. The molecule has 2 heterocycles. The summed E-state index contributed by atoms with van der Waals surface area (Å²) in [6.07, 6.45) is 1.23. The molecule has 1 saturated heterocycles. The highest BCUT2D eigenvalue weighted by Gasteiger charge is 2.23. The Kier molecular flexibility index (Phi) is 4.00. The zero-order chi connectivity index (χ0) is 11.5. The molecule has 1 aliphatic rings. The number of piperazine rings is 1. The maximum absolute atomic E-state index is 3.60. The molecule has 1 aromatic heterocycles. The van der Waals surface area contributed by atoms with Gasteiger partial charge < -0.3 is 5.32 Å². The molecule has 2 unspecified atom stereocenters. The molecule has 0 saturated carbocycles. The third kappa shape index (κ3) is 2.84. The maximum atomic E-state index is 3.60. The van der Waals surface area contributed by atoms with Gasteiger partial charge in [-0.15, -0.1) is 11.3 Å². The Morgan fingerprint density at radius 1 is 1.50 bits per heavy atom. The Morgan fingerprint density at radius 2 is 2.31 bits per heavy atom. The quantitative estimate of drug-likeness (QED) is 0.871. The molecule has 1 fully saturated rings. The minimum atomic E-state index is 0.658. The van der Waals surface area contributed by atoms with Crippen LogP contribution in [0.3, 0.4) is 0 Å². The van der Waals surface area contributed by atoms with Gasteiger partial charge in [-0.25, -0.2) is 0 Å². The first-order chi connectivity index (χ1) is 7.69. The van der Waals surface area contributed by atoms with Crippen molar-refractivity contribution in [2.75, 3.05) is 13.1 Å². The van der Waals surface area contributed by atoms with E-state index in [-0.39, 0.29) is 0 Å². The van der Waals surface area contributed by atoms with Crippen LogP contribution in [0.4, 0.5) is 0 Å². The second-order valence-corrected chi connectivity index (χ2v) is 6.18. The van der Waals surface area contributed by atoms with E-state index in [2.05, 4.69) is 43.1 Å². The van der Waals surface area contributed by atoms with Crippen LogP contribution in [0.15, 0.2) is 12.1 Å². The summed E-state index contributed by atoms with van der Waals surface area (Å²) >= 11 is 1.93. The maximum Gasteiger partial charge on any atom is 0.0332 e. The molecule has 2 rings (SSSR count). The molecule has 1 N–H and O–H groups in total. The summed E-state index contributed by atoms with van der Waals surface area (Å²) in [6, 6.07) is 5.84. The van der Waals surface area contributed by atoms with Gasteiger partial charge in [-0.1, -0.05) is 6.92 Å². The minimum absolute atomic E-state index is 0.658. The number of thiophene rings is 1. The second-order valence-electron chi connectivity index (χ2n) is 4.80. The van der Waals surface area contributed by atoms with Crippen LogP contribution in [0, 0.1) is 6.92 Å². The third-order valence-corrected chi connectivity index (χ3v) is 4.41. The number of nitrogens with zero attached hydrogens (tertiary/aromatic N) is 1. The highest BCUT2D eigenvalue weighted by molar-refractivity contribution is 7.11. The summed E-state index contributed by atoms with van der Waals surface area (Å²) in [6.45, 7) is 10.2. The minimum Gasteiger partial charge on any atom is -0.311 e. The molecule has 2 atom stereocenters. The summed E-state index contributed by atoms with van der Waals surface area (Å²) in [5, 5.41) is 3.60. The lowest BCUT2D eigenvalue weighted by Gasteiger charge is -2.38. The first kappa shape index (κ1) is 12.1. The fourth-order valence-corrected chi connectivity index (χ4v) is 3.17. The van der Waals surface area contributed by atoms with Crippen LogP contribution in [0.1, 0.15) is 30.0 Å². The van der Waals surface area contributed by atoms with E-state index in [9.17, 15) is 0 Å². The second kappa shape index (κ2) is 5.30. The van der Waals surface area contributed by atoms with E-state index >= 15 is 0 Å². The van der Waals surface area contributed by atoms with Gasteiger partial charge in [0.15, 0.2) is 0 Å². The van der Waals surface area contributed by atoms with Crippen molar-refractivity contribution >= 4 is 11.3 Å². The van der Waals surface area contributed by atoms with Crippen LogP contribution in [-0.2, 0) is 6.54 Å². The molecular formula is C13H22N2S. The van der Waals surface area contributed by atoms with Gasteiger partial charge in [0.2, 0.25) is 0 Å². The average molecular weight is 238 g/mol. The molecule has 3 heteroatoms. The molecule has 90 valence electrons. The fourth-order valence-electron chi connectivity index (χ4n) is 2.26. The van der Waals surface area contributed by atoms with Gasteiger partial charge in [-0.3, -0.25) is 4.90 Å². The Hall–Kier alpha value is -0.380. The normalized spacial score (nSPS) is 27.2. The van der Waals surface area contributed by atoms with E-state index < -0.39 is 0 Å². The van der Waals surface area contributed by atoms with Crippen LogP contribution in [0.25, 0.3) is 0 Å². The SMILES string of the molecule is CCC1CN(Cc2ccc(C)s2)C(C)CN1. The van der Waals surface area contributed by atoms with Gasteiger partial charge in [-0.2, -0.15) is 0 Å². The predicted octanol–water partition coefficient (Wildman–Crippen LogP) is 2.63. The Labute approximate surface area is 103 Å². The molecule has 0 aromatic carbocycles. The highest BCUT2D eigenvalue weighted by Crippen LogP contribution is 2.20. The average Bonchev–Trinajstić information content (AvgIpc) is 2.67. The zero-order valence-corrected chi connectivity index (χ0v) is 11.3. The first-order valence-electron chi connectivity index (χ1n) is 6.21. The van der Waals surface area contributed by atoms with E-state index in [1.807, 2.05) is 11.3 Å². The molecule has 2 nitrogen and oxygen atoms in total. The lowest BCUT2D eigenvalue weighted by molar-refractivity contribution is 0.133. The molecule has 1 aliphatic heterocycles. The third-order valence-electron chi connectivity index (χ3n) is 3.43. The van der Waals surface area contributed by atoms with Crippen LogP contribution in [0.2, 0.25) is 0 Å². The predicted molar refractivity (Wildman–Crippen MR) is 71.0 cm³/mol. The molecule has 0 amide bonds. The zero-order valence-electron chi connectivity index (χ0n) is 10.5. The van der Waals surface area contributed by atoms with E-state index in [4.69, 9.17) is 0 Å². The van der Waals surface area contributed by atoms with Crippen molar-refractivity contribution in [2.24, 2.45) is 0 Å². The standard InChI is InChI=1S/C13H22N2S/c1-4-12-8-15(10(2)7-14-12)9-13-6-5-11(3)16-13/h5-6,10,12,14H,4,7-9H2,1-3H3. The summed E-state index contributed by atoms with van der Waals surface area (Å²) in [5.41, 5.74) is 0. The van der Waals surface area contributed by atoms with Crippen molar-refractivity contribution in [3.05, 3.63) is 21.9 Å². The Bertz CT molecular complexity index is 334. The van der Waals surface area contributed by atoms with Gasteiger partial charge in [0.1, 0.15) is 0 Å². The summed E-state index contributed by atoms with van der Waals surface area (Å²) in [4.78, 5) is 5.53. The van der Waals surface area contributed by atoms with Crippen LogP contribution >= 0.6 is 11.3 Å². The van der Waals surface area contributed by atoms with Crippen molar-refractivity contribution in [1.29, 1.82) is 0 Å². The number of nitrogens with one attached hydrogen (secondary N) is 1. The number of hydrogen-bond acceptors (Lipinski definition) is 3. The summed E-state index contributed by atoms with van der Waals surface area (Å²) in [7, 11) is 0. The van der Waals surface area contributed by atoms with E-state index in [1.165, 1.54) is 22.7 Å². The van der Waals surface area contributed by atoms with Crippen LogP contribution in [0.5, 0.6) is 0 Å². The summed E-state index contributed by atoms with van der Waals surface area (Å²) < 4.78 is 0. The molecule has 0 aliphatic carbocycles. The fraction of sp³-hybridized carbons (Fsp3) is 0.692. The molecular weight excluding hydrogens is 216 g/mol. The Balaban J connectivity index is 1.96. The number of rotatable bonds is 3. The summed E-state index contributed by atoms with van der Waals surface area (Å²) in [5.74, 6) is 0. The largest absolute Gasteiger partial charge is 0.311 e. The van der Waals surface area contributed by atoms with Gasteiger partial charge >= 0.3 is 0 Å². The lowest BCUT2D eigenvalue weighted by atomic mass is 10.1. The van der Waals surface area contributed by atoms with Gasteiger partial charge in [0.05, 0.1) is 0 Å². The topological polar surface area (TPSA) is 15.3 Å². The lowest BCUT2D eigenvalue weighted by Crippen LogP contribution is -2.54. The van der Waals surface area contributed by atoms with Crippen molar-refractivity contribution in [3.63, 3.8) is 0 Å².